The molecule has 0 saturated carbocycles. The minimum atomic E-state index is -5.78. The van der Waals surface area contributed by atoms with E-state index in [2.05, 4.69) is 9.97 Å². The Kier molecular flexibility index (Phi) is 6.69. The maximum Gasteiger partial charge on any atom is 0.456 e. The highest BCUT2D eigenvalue weighted by Crippen LogP contribution is 2.37. The van der Waals surface area contributed by atoms with Crippen molar-refractivity contribution in [2.75, 3.05) is 12.4 Å². The van der Waals surface area contributed by atoms with Crippen molar-refractivity contribution < 1.29 is 35.6 Å². The van der Waals surface area contributed by atoms with Crippen molar-refractivity contribution in [2.45, 2.75) is 43.4 Å². The van der Waals surface area contributed by atoms with Gasteiger partial charge in [-0.15, -0.1) is 0 Å². The average Bonchev–Trinajstić information content (AvgIpc) is 3.21. The number of nitrogens with zero attached hydrogens (tertiary/aromatic N) is 4. The van der Waals surface area contributed by atoms with Crippen LogP contribution < -0.4 is 9.47 Å². The summed E-state index contributed by atoms with van der Waals surface area (Å²) in [6.07, 6.45) is -1.93. The second-order valence-electron chi connectivity index (χ2n) is 7.91. The third kappa shape index (κ3) is 5.29. The molecule has 0 aliphatic carbocycles. The zero-order valence-corrected chi connectivity index (χ0v) is 19.5. The Morgan fingerprint density at radius 3 is 2.49 bits per heavy atom. The molecule has 3 aromatic heterocycles. The number of rotatable bonds is 8. The van der Waals surface area contributed by atoms with Crippen LogP contribution in [0.15, 0.2) is 41.7 Å². The van der Waals surface area contributed by atoms with Crippen LogP contribution in [-0.2, 0) is 9.73 Å². The van der Waals surface area contributed by atoms with E-state index in [0.717, 1.165) is 0 Å². The van der Waals surface area contributed by atoms with E-state index in [-0.39, 0.29) is 39.2 Å². The number of nitriles is 1. The van der Waals surface area contributed by atoms with Crippen molar-refractivity contribution in [1.82, 2.24) is 14.4 Å². The van der Waals surface area contributed by atoms with Gasteiger partial charge in [-0.3, -0.25) is 4.40 Å². The van der Waals surface area contributed by atoms with Gasteiger partial charge in [-0.05, 0) is 26.0 Å². The molecule has 0 spiro atoms. The average molecular weight is 517 g/mol. The lowest BCUT2D eigenvalue weighted by molar-refractivity contribution is -0.289. The fourth-order valence-electron chi connectivity index (χ4n) is 2.92. The van der Waals surface area contributed by atoms with Gasteiger partial charge in [0.05, 0.1) is 27.0 Å². The number of hydrogen-bond donors (Lipinski definition) is 1. The molecular weight excluding hydrogens is 497 g/mol. The quantitative estimate of drug-likeness (QED) is 0.417. The molecule has 1 unspecified atom stereocenters. The van der Waals surface area contributed by atoms with Crippen molar-refractivity contribution in [2.24, 2.45) is 0 Å². The number of imidazole rings is 1. The van der Waals surface area contributed by atoms with Gasteiger partial charge in [0.15, 0.2) is 18.0 Å². The summed E-state index contributed by atoms with van der Waals surface area (Å²) in [7, 11) is -3.40. The Hall–Kier alpha value is -3.47. The number of nitrogens with one attached hydrogen (secondary N) is 1. The van der Waals surface area contributed by atoms with Crippen LogP contribution >= 0.6 is 0 Å². The third-order valence-corrected chi connectivity index (χ3v) is 6.63. The fraction of sp³-hybridized carbons (Fsp3) is 0.381. The molecule has 188 valence electrons. The van der Waals surface area contributed by atoms with Crippen LogP contribution in [0.2, 0.25) is 0 Å². The molecule has 14 heteroatoms. The Morgan fingerprint density at radius 1 is 1.20 bits per heavy atom. The molecule has 1 N–H and O–H groups in total. The molecule has 0 radical (unpaired) electrons. The first-order chi connectivity index (χ1) is 16.1. The van der Waals surface area contributed by atoms with Crippen LogP contribution in [0, 0.1) is 16.1 Å². The van der Waals surface area contributed by atoms with Crippen LogP contribution in [-0.4, -0.2) is 48.6 Å². The Bertz CT molecular complexity index is 1390. The maximum atomic E-state index is 13.3. The first kappa shape index (κ1) is 26.1. The minimum absolute atomic E-state index is 0.00624. The van der Waals surface area contributed by atoms with E-state index in [1.54, 1.807) is 0 Å². The fourth-order valence-corrected chi connectivity index (χ4v) is 3.99. The van der Waals surface area contributed by atoms with Gasteiger partial charge in [-0.25, -0.2) is 19.0 Å². The summed E-state index contributed by atoms with van der Waals surface area (Å²) in [5.41, 5.74) is -1.18. The zero-order valence-electron chi connectivity index (χ0n) is 18.7. The predicted octanol–water partition coefficient (Wildman–Crippen LogP) is 5.08. The van der Waals surface area contributed by atoms with Crippen LogP contribution in [0.25, 0.3) is 17.0 Å². The van der Waals surface area contributed by atoms with Gasteiger partial charge in [0.25, 0.3) is 0 Å². The highest BCUT2D eigenvalue weighted by atomic mass is 32.2. The number of fused-ring (bicyclic) bond motifs is 1. The molecule has 1 atom stereocenters. The molecular formula is C21H20F5N5O3S. The van der Waals surface area contributed by atoms with Gasteiger partial charge in [0, 0.05) is 18.0 Å². The molecule has 0 saturated heterocycles. The summed E-state index contributed by atoms with van der Waals surface area (Å²) in [5.74, 6) is -5.32. The molecule has 0 amide bonds. The van der Waals surface area contributed by atoms with Gasteiger partial charge in [-0.1, -0.05) is 6.92 Å². The highest BCUT2D eigenvalue weighted by molar-refractivity contribution is 7.92. The van der Waals surface area contributed by atoms with Crippen LogP contribution in [0.4, 0.5) is 22.0 Å². The van der Waals surface area contributed by atoms with E-state index in [1.165, 1.54) is 62.0 Å². The standard InChI is InChI=1S/C21H20F5N5O3S/c1-4-35(28,32)16-8-13(34-19(2,3)11-27)9-29-17(16)18-30-10-14-15(6-5-7-31(14)18)33-12-20(22,23)21(24,25)26/h5-10,28H,4,12H2,1-3H3. The molecule has 0 aliphatic heterocycles. The number of alkyl halides is 5. The number of halogens is 5. The van der Waals surface area contributed by atoms with Gasteiger partial charge in [0.2, 0.25) is 0 Å². The second kappa shape index (κ2) is 8.95. The number of pyridine rings is 2. The predicted molar refractivity (Wildman–Crippen MR) is 115 cm³/mol. The smallest absolute Gasteiger partial charge is 0.456 e. The monoisotopic (exact) mass is 517 g/mol. The summed E-state index contributed by atoms with van der Waals surface area (Å²) in [5, 5.41) is 9.19. The lowest BCUT2D eigenvalue weighted by Gasteiger charge is -2.20. The van der Waals surface area contributed by atoms with E-state index in [4.69, 9.17) is 14.3 Å². The maximum absolute atomic E-state index is 13.3. The van der Waals surface area contributed by atoms with Gasteiger partial charge in [-0.2, -0.15) is 27.2 Å². The number of ether oxygens (including phenoxy) is 2. The topological polar surface area (TPSA) is 113 Å². The molecule has 3 heterocycles. The van der Waals surface area contributed by atoms with Crippen molar-refractivity contribution >= 4 is 15.2 Å². The van der Waals surface area contributed by atoms with Gasteiger partial charge < -0.3 is 9.47 Å². The van der Waals surface area contributed by atoms with E-state index in [0.29, 0.717) is 0 Å². The Labute approximate surface area is 197 Å². The lowest BCUT2D eigenvalue weighted by atomic mass is 10.2. The second-order valence-corrected chi connectivity index (χ2v) is 10.3. The van der Waals surface area contributed by atoms with E-state index in [9.17, 15) is 31.4 Å². The molecule has 0 aromatic carbocycles. The molecule has 35 heavy (non-hydrogen) atoms. The summed E-state index contributed by atoms with van der Waals surface area (Å²) in [6.45, 7) is 2.61. The third-order valence-electron chi connectivity index (χ3n) is 4.80. The minimum Gasteiger partial charge on any atom is -0.485 e. The molecule has 8 nitrogen and oxygen atoms in total. The van der Waals surface area contributed by atoms with E-state index in [1.807, 2.05) is 6.07 Å². The highest BCUT2D eigenvalue weighted by Gasteiger charge is 2.58. The lowest BCUT2D eigenvalue weighted by Crippen LogP contribution is -2.41. The molecule has 0 fully saturated rings. The zero-order chi connectivity index (χ0) is 26.2. The molecule has 0 aliphatic rings. The van der Waals surface area contributed by atoms with E-state index >= 15 is 0 Å². The number of hydrogen-bond acceptors (Lipinski definition) is 7. The summed E-state index contributed by atoms with van der Waals surface area (Å²) < 4.78 is 97.1. The Morgan fingerprint density at radius 2 is 1.89 bits per heavy atom. The van der Waals surface area contributed by atoms with Crippen molar-refractivity contribution in [3.05, 3.63) is 36.8 Å². The normalized spacial score (nSPS) is 14.4. The summed E-state index contributed by atoms with van der Waals surface area (Å²) in [6, 6.07) is 5.79. The van der Waals surface area contributed by atoms with Gasteiger partial charge >= 0.3 is 12.1 Å². The summed E-state index contributed by atoms with van der Waals surface area (Å²) in [4.78, 5) is 8.33. The Balaban J connectivity index is 2.09. The van der Waals surface area contributed by atoms with Crippen molar-refractivity contribution in [3.63, 3.8) is 0 Å². The number of aromatic nitrogens is 3. The van der Waals surface area contributed by atoms with Crippen LogP contribution in [0.1, 0.15) is 20.8 Å². The first-order valence-electron chi connectivity index (χ1n) is 10.0. The van der Waals surface area contributed by atoms with Crippen molar-refractivity contribution in [1.29, 1.82) is 10.0 Å². The SMILES string of the molecule is CCS(=N)(=O)c1cc(OC(C)(C)C#N)cnc1-c1ncc2c(OCC(F)(F)C(F)(F)F)cccn12. The van der Waals surface area contributed by atoms with Crippen LogP contribution in [0.3, 0.4) is 0 Å². The van der Waals surface area contributed by atoms with Gasteiger partial charge in [0.1, 0.15) is 28.8 Å². The van der Waals surface area contributed by atoms with Crippen molar-refractivity contribution in [3.8, 4) is 29.1 Å². The molecule has 3 rings (SSSR count). The van der Waals surface area contributed by atoms with E-state index < -0.39 is 34.0 Å². The van der Waals surface area contributed by atoms with Crippen LogP contribution in [0.5, 0.6) is 11.5 Å². The largest absolute Gasteiger partial charge is 0.485 e. The molecule has 0 bridgehead atoms. The summed E-state index contributed by atoms with van der Waals surface area (Å²) >= 11 is 0. The first-order valence-corrected chi connectivity index (χ1v) is 11.8. The molecule has 3 aromatic rings.